The van der Waals surface area contributed by atoms with Gasteiger partial charge < -0.3 is 23.9 Å². The topological polar surface area (TPSA) is 121 Å². The molecule has 0 aliphatic carbocycles. The molecular weight excluding hydrogens is 593 g/mol. The highest BCUT2D eigenvalue weighted by Crippen LogP contribution is 2.37. The van der Waals surface area contributed by atoms with Gasteiger partial charge in [-0.25, -0.2) is 14.3 Å². The number of fused-ring (bicyclic) bond motifs is 2. The highest BCUT2D eigenvalue weighted by molar-refractivity contribution is 6.36. The van der Waals surface area contributed by atoms with Gasteiger partial charge in [0.1, 0.15) is 27.3 Å². The van der Waals surface area contributed by atoms with Crippen molar-refractivity contribution in [2.45, 2.75) is 32.5 Å². The number of amides is 1. The summed E-state index contributed by atoms with van der Waals surface area (Å²) in [5, 5.41) is 7.08. The molecule has 0 radical (unpaired) electrons. The SMILES string of the molecule is CN(C(=O)OC(C)(C)C)c1ccc2c(Oc3cnc4nc(Nc5cc(C(F)(F)F)cn(C)c5=O)n(C)c4c3Cl)cnn2c1. The van der Waals surface area contributed by atoms with Crippen LogP contribution in [0.1, 0.15) is 26.3 Å². The number of halogens is 4. The van der Waals surface area contributed by atoms with Crippen LogP contribution < -0.4 is 20.5 Å². The Balaban J connectivity index is 1.43. The second-order valence-electron chi connectivity index (χ2n) is 10.7. The predicted molar refractivity (Wildman–Crippen MR) is 153 cm³/mol. The first-order chi connectivity index (χ1) is 20.0. The van der Waals surface area contributed by atoms with Crippen molar-refractivity contribution in [1.29, 1.82) is 0 Å². The van der Waals surface area contributed by atoms with Gasteiger partial charge in [0, 0.05) is 27.3 Å². The summed E-state index contributed by atoms with van der Waals surface area (Å²) in [6.07, 6.45) is -0.0257. The molecule has 0 atom stereocenters. The number of aryl methyl sites for hydroxylation is 2. The number of imidazole rings is 1. The molecule has 16 heteroatoms. The maximum atomic E-state index is 13.3. The van der Waals surface area contributed by atoms with Crippen LogP contribution in [0.4, 0.5) is 35.3 Å². The lowest BCUT2D eigenvalue weighted by atomic mass is 10.2. The third-order valence-electron chi connectivity index (χ3n) is 6.30. The number of nitrogens with one attached hydrogen (secondary N) is 1. The van der Waals surface area contributed by atoms with Gasteiger partial charge in [-0.3, -0.25) is 9.69 Å². The van der Waals surface area contributed by atoms with Gasteiger partial charge in [-0.2, -0.15) is 23.3 Å². The van der Waals surface area contributed by atoms with E-state index >= 15 is 0 Å². The summed E-state index contributed by atoms with van der Waals surface area (Å²) in [7, 11) is 4.37. The Kier molecular flexibility index (Phi) is 7.24. The number of carbonyl (C=O) groups is 1. The predicted octanol–water partition coefficient (Wildman–Crippen LogP) is 5.89. The third kappa shape index (κ3) is 5.80. The monoisotopic (exact) mass is 618 g/mol. The number of aromatic nitrogens is 6. The molecule has 43 heavy (non-hydrogen) atoms. The van der Waals surface area contributed by atoms with E-state index in [9.17, 15) is 22.8 Å². The van der Waals surface area contributed by atoms with Crippen LogP contribution in [0.15, 0.2) is 47.8 Å². The molecule has 0 bridgehead atoms. The Hall–Kier alpha value is -4.79. The molecule has 0 saturated carbocycles. The normalized spacial score (nSPS) is 12.1. The minimum Gasteiger partial charge on any atom is -0.450 e. The number of rotatable bonds is 5. The van der Waals surface area contributed by atoms with Gasteiger partial charge in [0.25, 0.3) is 5.56 Å². The number of nitrogens with zero attached hydrogens (tertiary/aromatic N) is 7. The fourth-order valence-electron chi connectivity index (χ4n) is 4.15. The van der Waals surface area contributed by atoms with Crippen LogP contribution in [-0.4, -0.2) is 47.5 Å². The Labute approximate surface area is 247 Å². The smallest absolute Gasteiger partial charge is 0.417 e. The summed E-state index contributed by atoms with van der Waals surface area (Å²) in [5.74, 6) is 0.529. The molecule has 12 nitrogen and oxygen atoms in total. The molecular formula is C27H26ClF3N8O4. The van der Waals surface area contributed by atoms with E-state index in [1.165, 1.54) is 33.4 Å². The molecule has 5 heterocycles. The molecule has 5 rings (SSSR count). The fraction of sp³-hybridized carbons (Fsp3) is 0.296. The maximum absolute atomic E-state index is 13.3. The molecule has 5 aromatic rings. The molecule has 0 saturated heterocycles. The number of hydrogen-bond donors (Lipinski definition) is 1. The summed E-state index contributed by atoms with van der Waals surface area (Å²) in [5.41, 5.74) is -1.10. The zero-order chi connectivity index (χ0) is 31.4. The average molecular weight is 619 g/mol. The first kappa shape index (κ1) is 29.7. The van der Waals surface area contributed by atoms with E-state index in [1.807, 2.05) is 0 Å². The lowest BCUT2D eigenvalue weighted by Gasteiger charge is -2.24. The van der Waals surface area contributed by atoms with Crippen LogP contribution in [0, 0.1) is 0 Å². The van der Waals surface area contributed by atoms with E-state index in [0.717, 1.165) is 4.57 Å². The molecule has 5 aromatic heterocycles. The van der Waals surface area contributed by atoms with Crippen molar-refractivity contribution in [1.82, 2.24) is 28.7 Å². The summed E-state index contributed by atoms with van der Waals surface area (Å²) in [6, 6.07) is 4.13. The highest BCUT2D eigenvalue weighted by atomic mass is 35.5. The molecule has 0 aliphatic rings. The molecule has 0 aromatic carbocycles. The number of carbonyl (C=O) groups excluding carboxylic acids is 1. The Morgan fingerprint density at radius 3 is 2.49 bits per heavy atom. The minimum atomic E-state index is -4.65. The first-order valence-corrected chi connectivity index (χ1v) is 13.1. The largest absolute Gasteiger partial charge is 0.450 e. The van der Waals surface area contributed by atoms with Crippen LogP contribution in [0.2, 0.25) is 5.02 Å². The standard InChI is InChI=1S/C27H26ClF3N8O4/c1-26(2,3)43-25(41)37(5)15-7-8-17-18(11-33-39(17)13-15)42-19-10-32-22-21(20(19)28)38(6)24(35-22)34-16-9-14(27(29,30)31)12-36(4)23(16)40/h7-13H,1-6H3,(H,32,34,35). The van der Waals surface area contributed by atoms with Gasteiger partial charge in [-0.15, -0.1) is 0 Å². The molecule has 0 aliphatic heterocycles. The molecule has 0 fully saturated rings. The second-order valence-corrected chi connectivity index (χ2v) is 11.0. The zero-order valence-corrected chi connectivity index (χ0v) is 24.6. The summed E-state index contributed by atoms with van der Waals surface area (Å²) in [4.78, 5) is 34.9. The highest BCUT2D eigenvalue weighted by Gasteiger charge is 2.32. The fourth-order valence-corrected chi connectivity index (χ4v) is 4.45. The lowest BCUT2D eigenvalue weighted by molar-refractivity contribution is -0.138. The van der Waals surface area contributed by atoms with Crippen molar-refractivity contribution in [3.05, 3.63) is 63.9 Å². The number of pyridine rings is 3. The van der Waals surface area contributed by atoms with Gasteiger partial charge in [-0.05, 0) is 39.0 Å². The molecule has 0 unspecified atom stereocenters. The first-order valence-electron chi connectivity index (χ1n) is 12.7. The Morgan fingerprint density at radius 1 is 1.09 bits per heavy atom. The quantitative estimate of drug-likeness (QED) is 0.259. The van der Waals surface area contributed by atoms with Gasteiger partial charge in [0.2, 0.25) is 5.95 Å². The van der Waals surface area contributed by atoms with E-state index in [-0.39, 0.29) is 28.1 Å². The van der Waals surface area contributed by atoms with Crippen LogP contribution in [-0.2, 0) is 25.0 Å². The van der Waals surface area contributed by atoms with Gasteiger partial charge in [-0.1, -0.05) is 11.6 Å². The second kappa shape index (κ2) is 10.5. The van der Waals surface area contributed by atoms with Crippen LogP contribution in [0.3, 0.4) is 0 Å². The number of ether oxygens (including phenoxy) is 2. The van der Waals surface area contributed by atoms with Crippen molar-refractivity contribution in [2.75, 3.05) is 17.3 Å². The van der Waals surface area contributed by atoms with E-state index in [0.29, 0.717) is 34.7 Å². The summed E-state index contributed by atoms with van der Waals surface area (Å²) in [6.45, 7) is 5.33. The van der Waals surface area contributed by atoms with Crippen LogP contribution in [0.25, 0.3) is 16.7 Å². The minimum absolute atomic E-state index is 0.0376. The summed E-state index contributed by atoms with van der Waals surface area (Å²) < 4.78 is 55.2. The van der Waals surface area contributed by atoms with Crippen molar-refractivity contribution in [3.63, 3.8) is 0 Å². The van der Waals surface area contributed by atoms with Crippen molar-refractivity contribution in [2.24, 2.45) is 14.1 Å². The van der Waals surface area contributed by atoms with Crippen molar-refractivity contribution < 1.29 is 27.4 Å². The van der Waals surface area contributed by atoms with Gasteiger partial charge in [0.05, 0.1) is 29.8 Å². The summed E-state index contributed by atoms with van der Waals surface area (Å²) >= 11 is 6.67. The number of hydrogen-bond acceptors (Lipinski definition) is 8. The van der Waals surface area contributed by atoms with Gasteiger partial charge in [0.15, 0.2) is 17.1 Å². The zero-order valence-electron chi connectivity index (χ0n) is 23.8. The molecule has 1 N–H and O–H groups in total. The van der Waals surface area contributed by atoms with Crippen molar-refractivity contribution >= 4 is 51.7 Å². The van der Waals surface area contributed by atoms with Crippen molar-refractivity contribution in [3.8, 4) is 11.5 Å². The molecule has 1 amide bonds. The molecule has 226 valence electrons. The van der Waals surface area contributed by atoms with E-state index in [4.69, 9.17) is 21.1 Å². The maximum Gasteiger partial charge on any atom is 0.417 e. The average Bonchev–Trinajstić information content (AvgIpc) is 3.46. The molecule has 0 spiro atoms. The van der Waals surface area contributed by atoms with Crippen LogP contribution >= 0.6 is 11.6 Å². The number of alkyl halides is 3. The lowest BCUT2D eigenvalue weighted by Crippen LogP contribution is -2.34. The van der Waals surface area contributed by atoms with E-state index in [1.54, 1.807) is 53.2 Å². The van der Waals surface area contributed by atoms with E-state index in [2.05, 4.69) is 20.4 Å². The van der Waals surface area contributed by atoms with Crippen LogP contribution in [0.5, 0.6) is 11.5 Å². The third-order valence-corrected chi connectivity index (χ3v) is 6.67. The Bertz CT molecular complexity index is 1940. The Morgan fingerprint density at radius 2 is 1.81 bits per heavy atom. The number of anilines is 3. The van der Waals surface area contributed by atoms with Gasteiger partial charge >= 0.3 is 12.3 Å². The van der Waals surface area contributed by atoms with E-state index < -0.39 is 29.0 Å².